The Hall–Kier alpha value is -2.48. The number of hydrogen-bond acceptors (Lipinski definition) is 5. The van der Waals surface area contributed by atoms with E-state index in [0.29, 0.717) is 10.4 Å². The second kappa shape index (κ2) is 5.66. The van der Waals surface area contributed by atoms with Crippen molar-refractivity contribution >= 4 is 28.5 Å². The normalized spacial score (nSPS) is 10.1. The highest BCUT2D eigenvalue weighted by atomic mass is 32.1. The summed E-state index contributed by atoms with van der Waals surface area (Å²) in [6.45, 7) is 0. The zero-order valence-electron chi connectivity index (χ0n) is 10.2. The Labute approximate surface area is 116 Å². The fourth-order valence-corrected chi connectivity index (χ4v) is 2.40. The van der Waals surface area contributed by atoms with Crippen LogP contribution in [-0.2, 0) is 4.74 Å². The van der Waals surface area contributed by atoms with Gasteiger partial charge < -0.3 is 9.84 Å². The van der Waals surface area contributed by atoms with Crippen LogP contribution in [0.4, 0.5) is 14.3 Å². The lowest BCUT2D eigenvalue weighted by atomic mass is 10.1. The molecule has 6 nitrogen and oxygen atoms in total. The van der Waals surface area contributed by atoms with E-state index in [2.05, 4.69) is 15.0 Å². The quantitative estimate of drug-likeness (QED) is 0.909. The largest absolute Gasteiger partial charge is 0.476 e. The number of carbonyl (C=O) groups excluding carboxylic acids is 1. The van der Waals surface area contributed by atoms with Gasteiger partial charge in [0, 0.05) is 0 Å². The van der Waals surface area contributed by atoms with Gasteiger partial charge in [-0.1, -0.05) is 23.5 Å². The van der Waals surface area contributed by atoms with Gasteiger partial charge in [-0.05, 0) is 17.7 Å². The fraction of sp³-hybridized carbons (Fsp3) is 0.0833. The molecule has 0 spiro atoms. The third-order valence-corrected chi connectivity index (χ3v) is 3.35. The number of thiazole rings is 1. The van der Waals surface area contributed by atoms with Gasteiger partial charge in [-0.25, -0.2) is 19.0 Å². The van der Waals surface area contributed by atoms with E-state index in [9.17, 15) is 14.0 Å². The molecule has 20 heavy (non-hydrogen) atoms. The standard InChI is InChI=1S/C12H9FN2O4S/c1-19-12(18)15-11-14-8(10(16)17)9(20-11)6-2-4-7(13)5-3-6/h2-5H,1H3,(H,16,17)(H,14,15,18). The number of carboxylic acids is 1. The van der Waals surface area contributed by atoms with Gasteiger partial charge >= 0.3 is 12.1 Å². The van der Waals surface area contributed by atoms with E-state index in [0.717, 1.165) is 11.3 Å². The second-order valence-corrected chi connectivity index (χ2v) is 4.62. The second-order valence-electron chi connectivity index (χ2n) is 3.63. The van der Waals surface area contributed by atoms with Crippen molar-refractivity contribution < 1.29 is 23.8 Å². The predicted molar refractivity (Wildman–Crippen MR) is 70.5 cm³/mol. The summed E-state index contributed by atoms with van der Waals surface area (Å²) in [6, 6.07) is 5.32. The van der Waals surface area contributed by atoms with Crippen molar-refractivity contribution in [2.75, 3.05) is 12.4 Å². The van der Waals surface area contributed by atoms with Crippen LogP contribution in [0.2, 0.25) is 0 Å². The highest BCUT2D eigenvalue weighted by Gasteiger charge is 2.20. The van der Waals surface area contributed by atoms with Crippen LogP contribution in [-0.4, -0.2) is 29.3 Å². The molecule has 0 aliphatic heterocycles. The molecule has 1 aromatic carbocycles. The summed E-state index contributed by atoms with van der Waals surface area (Å²) in [5.74, 6) is -1.67. The van der Waals surface area contributed by atoms with Crippen LogP contribution in [0.25, 0.3) is 10.4 Å². The van der Waals surface area contributed by atoms with Crippen LogP contribution in [0.3, 0.4) is 0 Å². The topological polar surface area (TPSA) is 88.5 Å². The number of carboxylic acid groups (broad SMARTS) is 1. The number of hydrogen-bond donors (Lipinski definition) is 2. The molecule has 1 amide bonds. The zero-order chi connectivity index (χ0) is 14.7. The first-order chi connectivity index (χ1) is 9.51. The number of methoxy groups -OCH3 is 1. The van der Waals surface area contributed by atoms with Crippen molar-refractivity contribution in [1.82, 2.24) is 4.98 Å². The molecule has 0 aliphatic rings. The number of anilines is 1. The first kappa shape index (κ1) is 13.9. The number of amides is 1. The van der Waals surface area contributed by atoms with E-state index in [1.807, 2.05) is 0 Å². The van der Waals surface area contributed by atoms with Gasteiger partial charge in [0.1, 0.15) is 5.82 Å². The van der Waals surface area contributed by atoms with E-state index < -0.39 is 17.9 Å². The third-order valence-electron chi connectivity index (χ3n) is 2.33. The summed E-state index contributed by atoms with van der Waals surface area (Å²) in [5.41, 5.74) is 0.284. The van der Waals surface area contributed by atoms with Crippen LogP contribution in [0.5, 0.6) is 0 Å². The molecule has 0 radical (unpaired) electrons. The molecular formula is C12H9FN2O4S. The Balaban J connectivity index is 2.43. The van der Waals surface area contributed by atoms with Crippen molar-refractivity contribution in [1.29, 1.82) is 0 Å². The molecule has 0 aliphatic carbocycles. The maximum absolute atomic E-state index is 12.9. The third kappa shape index (κ3) is 2.91. The van der Waals surface area contributed by atoms with Crippen molar-refractivity contribution in [2.24, 2.45) is 0 Å². The Morgan fingerprint density at radius 2 is 2.00 bits per heavy atom. The Morgan fingerprint density at radius 3 is 2.55 bits per heavy atom. The summed E-state index contributed by atoms with van der Waals surface area (Å²) in [6.07, 6.45) is -0.749. The van der Waals surface area contributed by atoms with E-state index in [-0.39, 0.29) is 10.8 Å². The van der Waals surface area contributed by atoms with Crippen LogP contribution in [0.15, 0.2) is 24.3 Å². The molecule has 8 heteroatoms. The molecule has 2 aromatic rings. The maximum Gasteiger partial charge on any atom is 0.413 e. The van der Waals surface area contributed by atoms with Crippen LogP contribution in [0, 0.1) is 5.82 Å². The molecule has 1 heterocycles. The summed E-state index contributed by atoms with van der Waals surface area (Å²) < 4.78 is 17.3. The molecule has 1 aromatic heterocycles. The van der Waals surface area contributed by atoms with Gasteiger partial charge in [0.15, 0.2) is 10.8 Å². The van der Waals surface area contributed by atoms with E-state index in [1.165, 1.54) is 31.4 Å². The van der Waals surface area contributed by atoms with Gasteiger partial charge in [-0.2, -0.15) is 0 Å². The minimum absolute atomic E-state index is 0.0913. The average Bonchev–Trinajstić information content (AvgIpc) is 2.83. The number of nitrogens with one attached hydrogen (secondary N) is 1. The van der Waals surface area contributed by atoms with Gasteiger partial charge in [0.2, 0.25) is 0 Å². The molecule has 0 unspecified atom stereocenters. The highest BCUT2D eigenvalue weighted by Crippen LogP contribution is 2.33. The average molecular weight is 296 g/mol. The van der Waals surface area contributed by atoms with E-state index in [1.54, 1.807) is 0 Å². The number of ether oxygens (including phenoxy) is 1. The minimum Gasteiger partial charge on any atom is -0.476 e. The smallest absolute Gasteiger partial charge is 0.413 e. The van der Waals surface area contributed by atoms with Crippen LogP contribution >= 0.6 is 11.3 Å². The number of halogens is 1. The summed E-state index contributed by atoms with van der Waals surface area (Å²) in [7, 11) is 1.18. The number of nitrogens with zero attached hydrogens (tertiary/aromatic N) is 1. The molecule has 0 bridgehead atoms. The number of carbonyl (C=O) groups is 2. The number of rotatable bonds is 3. The first-order valence-corrected chi connectivity index (χ1v) is 6.18. The van der Waals surface area contributed by atoms with Gasteiger partial charge in [-0.3, -0.25) is 5.32 Å². The number of benzene rings is 1. The van der Waals surface area contributed by atoms with Gasteiger partial charge in [-0.15, -0.1) is 0 Å². The van der Waals surface area contributed by atoms with Crippen molar-refractivity contribution in [3.8, 4) is 10.4 Å². The SMILES string of the molecule is COC(=O)Nc1nc(C(=O)O)c(-c2ccc(F)cc2)s1. The lowest BCUT2D eigenvalue weighted by Gasteiger charge is -1.98. The predicted octanol–water partition coefficient (Wildman–Crippen LogP) is 2.83. The van der Waals surface area contributed by atoms with Crippen LogP contribution < -0.4 is 5.32 Å². The van der Waals surface area contributed by atoms with Crippen LogP contribution in [0.1, 0.15) is 10.5 Å². The van der Waals surface area contributed by atoms with E-state index >= 15 is 0 Å². The summed E-state index contributed by atoms with van der Waals surface area (Å²) >= 11 is 0.964. The Bertz CT molecular complexity index is 654. The molecule has 0 saturated heterocycles. The molecule has 2 rings (SSSR count). The van der Waals surface area contributed by atoms with Gasteiger partial charge in [0.05, 0.1) is 12.0 Å². The van der Waals surface area contributed by atoms with Gasteiger partial charge in [0.25, 0.3) is 0 Å². The summed E-state index contributed by atoms with van der Waals surface area (Å²) in [4.78, 5) is 26.4. The molecule has 0 saturated carbocycles. The Kier molecular flexibility index (Phi) is 3.94. The van der Waals surface area contributed by atoms with Crippen molar-refractivity contribution in [3.63, 3.8) is 0 Å². The lowest BCUT2D eigenvalue weighted by molar-refractivity contribution is 0.0692. The summed E-state index contributed by atoms with van der Waals surface area (Å²) in [5, 5.41) is 11.5. The minimum atomic E-state index is -1.24. The maximum atomic E-state index is 12.9. The molecular weight excluding hydrogens is 287 g/mol. The number of aromatic nitrogens is 1. The zero-order valence-corrected chi connectivity index (χ0v) is 11.0. The first-order valence-electron chi connectivity index (χ1n) is 5.36. The monoisotopic (exact) mass is 296 g/mol. The van der Waals surface area contributed by atoms with E-state index in [4.69, 9.17) is 5.11 Å². The fourth-order valence-electron chi connectivity index (χ4n) is 1.45. The number of aromatic carboxylic acids is 1. The van der Waals surface area contributed by atoms with Crippen molar-refractivity contribution in [2.45, 2.75) is 0 Å². The Morgan fingerprint density at radius 1 is 1.35 bits per heavy atom. The molecule has 104 valence electrons. The molecule has 0 fully saturated rings. The molecule has 0 atom stereocenters. The highest BCUT2D eigenvalue weighted by molar-refractivity contribution is 7.19. The lowest BCUT2D eigenvalue weighted by Crippen LogP contribution is -2.10. The molecule has 2 N–H and O–H groups in total. The van der Waals surface area contributed by atoms with Crippen molar-refractivity contribution in [3.05, 3.63) is 35.8 Å².